The number of aryl methyl sites for hydroxylation is 4. The van der Waals surface area contributed by atoms with Gasteiger partial charge in [0.25, 0.3) is 0 Å². The van der Waals surface area contributed by atoms with Gasteiger partial charge in [0, 0.05) is 0 Å². The molecule has 2 heteroatoms. The Balaban J connectivity index is 2.37. The lowest BCUT2D eigenvalue weighted by Gasteiger charge is -2.30. The lowest BCUT2D eigenvalue weighted by molar-refractivity contribution is 1.09. The number of halogens is 1. The monoisotopic (exact) mass is 378 g/mol. The zero-order valence-electron chi connectivity index (χ0n) is 16.1. The van der Waals surface area contributed by atoms with Gasteiger partial charge in [-0.2, -0.15) is 0 Å². The van der Waals surface area contributed by atoms with E-state index in [2.05, 4.69) is 94.4 Å². The summed E-state index contributed by atoms with van der Waals surface area (Å²) in [6.07, 6.45) is 2.06. The summed E-state index contributed by atoms with van der Waals surface area (Å²) < 4.78 is 0. The fourth-order valence-electron chi connectivity index (χ4n) is 3.85. The summed E-state index contributed by atoms with van der Waals surface area (Å²) in [4.78, 5) is 0. The molecule has 0 aliphatic rings. The molecule has 0 N–H and O–H groups in total. The van der Waals surface area contributed by atoms with Crippen LogP contribution in [0.2, 0.25) is 0 Å². The van der Waals surface area contributed by atoms with Crippen molar-refractivity contribution in [2.75, 3.05) is 0 Å². The van der Waals surface area contributed by atoms with Gasteiger partial charge in [-0.05, 0) is 64.5 Å². The SMILES string of the molecule is CCc1cc(CC)cc([Si](Cl)(c2ccccc2)c2c(C)cccc2C)c1. The van der Waals surface area contributed by atoms with Crippen LogP contribution < -0.4 is 15.6 Å². The lowest BCUT2D eigenvalue weighted by atomic mass is 10.1. The first-order valence-electron chi connectivity index (χ1n) is 9.45. The van der Waals surface area contributed by atoms with Crippen LogP contribution in [-0.2, 0) is 12.8 Å². The second kappa shape index (κ2) is 7.81. The van der Waals surface area contributed by atoms with Crippen LogP contribution in [0.4, 0.5) is 0 Å². The summed E-state index contributed by atoms with van der Waals surface area (Å²) in [5.41, 5.74) is 5.32. The van der Waals surface area contributed by atoms with Crippen LogP contribution in [0.5, 0.6) is 0 Å². The topological polar surface area (TPSA) is 0 Å². The average molecular weight is 379 g/mol. The van der Waals surface area contributed by atoms with Crippen molar-refractivity contribution in [1.82, 2.24) is 0 Å². The van der Waals surface area contributed by atoms with E-state index in [1.807, 2.05) is 0 Å². The minimum atomic E-state index is -2.59. The molecule has 3 rings (SSSR count). The summed E-state index contributed by atoms with van der Waals surface area (Å²) in [7, 11) is -2.59. The Morgan fingerprint density at radius 2 is 1.23 bits per heavy atom. The fraction of sp³-hybridized carbons (Fsp3) is 0.250. The van der Waals surface area contributed by atoms with Crippen LogP contribution in [-0.4, -0.2) is 7.38 Å². The first kappa shape index (κ1) is 18.9. The predicted octanol–water partition coefficient (Wildman–Crippen LogP) is 4.63. The zero-order valence-corrected chi connectivity index (χ0v) is 17.9. The van der Waals surface area contributed by atoms with Crippen molar-refractivity contribution >= 4 is 34.0 Å². The Morgan fingerprint density at radius 3 is 1.73 bits per heavy atom. The van der Waals surface area contributed by atoms with Crippen LogP contribution in [0, 0.1) is 13.8 Å². The highest BCUT2D eigenvalue weighted by Gasteiger charge is 2.40. The van der Waals surface area contributed by atoms with E-state index in [0.717, 1.165) is 12.8 Å². The van der Waals surface area contributed by atoms with Gasteiger partial charge >= 0.3 is 0 Å². The molecule has 1 unspecified atom stereocenters. The van der Waals surface area contributed by atoms with E-state index in [-0.39, 0.29) is 0 Å². The molecule has 3 aromatic rings. The van der Waals surface area contributed by atoms with Crippen LogP contribution in [0.25, 0.3) is 0 Å². The van der Waals surface area contributed by atoms with E-state index in [0.29, 0.717) is 0 Å². The molecule has 0 radical (unpaired) electrons. The van der Waals surface area contributed by atoms with Crippen molar-refractivity contribution < 1.29 is 0 Å². The van der Waals surface area contributed by atoms with Gasteiger partial charge in [-0.25, -0.2) is 0 Å². The third-order valence-electron chi connectivity index (χ3n) is 5.26. The Bertz CT molecular complexity index is 859. The first-order valence-corrected chi connectivity index (χ1v) is 12.5. The minimum absolute atomic E-state index is 1.03. The van der Waals surface area contributed by atoms with Crippen molar-refractivity contribution in [3.8, 4) is 0 Å². The zero-order chi connectivity index (χ0) is 18.7. The molecule has 0 aliphatic heterocycles. The number of hydrogen-bond acceptors (Lipinski definition) is 0. The van der Waals surface area contributed by atoms with Gasteiger partial charge in [-0.15, -0.1) is 11.1 Å². The normalized spacial score (nSPS) is 13.4. The molecule has 0 spiro atoms. The van der Waals surface area contributed by atoms with E-state index in [1.54, 1.807) is 0 Å². The third-order valence-corrected chi connectivity index (χ3v) is 10.8. The molecule has 0 heterocycles. The summed E-state index contributed by atoms with van der Waals surface area (Å²) in [6, 6.07) is 24.2. The van der Waals surface area contributed by atoms with Crippen LogP contribution >= 0.6 is 11.1 Å². The number of rotatable bonds is 5. The van der Waals surface area contributed by atoms with E-state index < -0.39 is 7.38 Å². The van der Waals surface area contributed by atoms with E-state index >= 15 is 0 Å². The molecule has 0 nitrogen and oxygen atoms in total. The second-order valence-corrected chi connectivity index (χ2v) is 11.7. The van der Waals surface area contributed by atoms with Crippen LogP contribution in [0.1, 0.15) is 36.1 Å². The minimum Gasteiger partial charge on any atom is -0.149 e. The molecular weight excluding hydrogens is 352 g/mol. The van der Waals surface area contributed by atoms with E-state index in [9.17, 15) is 0 Å². The predicted molar refractivity (Wildman–Crippen MR) is 118 cm³/mol. The smallest absolute Gasteiger partial charge is 0.149 e. The summed E-state index contributed by atoms with van der Waals surface area (Å²) in [6.45, 7) is 8.83. The maximum absolute atomic E-state index is 7.72. The van der Waals surface area contributed by atoms with Crippen LogP contribution in [0.3, 0.4) is 0 Å². The molecule has 0 aliphatic carbocycles. The van der Waals surface area contributed by atoms with Gasteiger partial charge < -0.3 is 0 Å². The summed E-state index contributed by atoms with van der Waals surface area (Å²) in [5, 5.41) is 3.90. The maximum Gasteiger partial charge on any atom is 0.248 e. The van der Waals surface area contributed by atoms with Crippen molar-refractivity contribution in [2.45, 2.75) is 40.5 Å². The van der Waals surface area contributed by atoms with Crippen molar-refractivity contribution in [3.63, 3.8) is 0 Å². The Morgan fingerprint density at radius 1 is 0.692 bits per heavy atom. The molecule has 0 aromatic heterocycles. The molecule has 0 saturated heterocycles. The van der Waals surface area contributed by atoms with Crippen LogP contribution in [0.15, 0.2) is 66.7 Å². The van der Waals surface area contributed by atoms with Crippen molar-refractivity contribution in [3.05, 3.63) is 89.0 Å². The fourth-order valence-corrected chi connectivity index (χ4v) is 9.03. The highest BCUT2D eigenvalue weighted by Crippen LogP contribution is 2.19. The third kappa shape index (κ3) is 3.38. The Hall–Kier alpha value is -1.83. The first-order chi connectivity index (χ1) is 12.5. The average Bonchev–Trinajstić information content (AvgIpc) is 2.67. The highest BCUT2D eigenvalue weighted by molar-refractivity contribution is 7.40. The molecule has 134 valence electrons. The molecule has 0 saturated carbocycles. The Labute approximate surface area is 163 Å². The molecule has 0 bridgehead atoms. The highest BCUT2D eigenvalue weighted by atomic mass is 35.6. The van der Waals surface area contributed by atoms with Crippen molar-refractivity contribution in [1.29, 1.82) is 0 Å². The molecular formula is C24H27ClSi. The van der Waals surface area contributed by atoms with Gasteiger partial charge in [0.05, 0.1) is 0 Å². The molecule has 0 fully saturated rings. The maximum atomic E-state index is 7.72. The quantitative estimate of drug-likeness (QED) is 0.345. The number of hydrogen-bond donors (Lipinski definition) is 0. The van der Waals surface area contributed by atoms with E-state index in [4.69, 9.17) is 11.1 Å². The van der Waals surface area contributed by atoms with E-state index in [1.165, 1.54) is 37.8 Å². The molecule has 3 aromatic carbocycles. The largest absolute Gasteiger partial charge is 0.248 e. The number of benzene rings is 3. The second-order valence-electron chi connectivity index (χ2n) is 7.04. The van der Waals surface area contributed by atoms with Gasteiger partial charge in [-0.1, -0.05) is 80.6 Å². The van der Waals surface area contributed by atoms with Gasteiger partial charge in [-0.3, -0.25) is 0 Å². The molecule has 0 amide bonds. The molecule has 26 heavy (non-hydrogen) atoms. The standard InChI is InChI=1S/C24H27ClSi/c1-5-20-15-21(6-2)17-23(16-20)26(25,22-13-8-7-9-14-22)24-18(3)11-10-12-19(24)4/h7-17H,5-6H2,1-4H3. The summed E-state index contributed by atoms with van der Waals surface area (Å²) >= 11 is 7.72. The van der Waals surface area contributed by atoms with Gasteiger partial charge in [0.2, 0.25) is 7.38 Å². The van der Waals surface area contributed by atoms with Gasteiger partial charge in [0.1, 0.15) is 0 Å². The molecule has 1 atom stereocenters. The lowest BCUT2D eigenvalue weighted by Crippen LogP contribution is -2.64. The van der Waals surface area contributed by atoms with Crippen molar-refractivity contribution in [2.24, 2.45) is 0 Å². The summed E-state index contributed by atoms with van der Waals surface area (Å²) in [5.74, 6) is 0. The Kier molecular flexibility index (Phi) is 5.69. The van der Waals surface area contributed by atoms with Gasteiger partial charge in [0.15, 0.2) is 0 Å².